The van der Waals surface area contributed by atoms with Crippen LogP contribution >= 0.6 is 0 Å². The largest absolute Gasteiger partial charge is 0.486 e. The fourth-order valence-corrected chi connectivity index (χ4v) is 6.66. The highest BCUT2D eigenvalue weighted by atomic mass is 32.2. The van der Waals surface area contributed by atoms with Crippen molar-refractivity contribution in [3.05, 3.63) is 120 Å². The van der Waals surface area contributed by atoms with Crippen molar-refractivity contribution in [3.63, 3.8) is 0 Å². The SMILES string of the molecule is CC(C)(C)NC(=O)C(Cc1ccccc1)N(Cc1ccccc1)C(=O)CN(c1ccc(F)cc1)S(=O)(=O)c1ccc2c(c1)OCCO2. The van der Waals surface area contributed by atoms with Gasteiger partial charge in [-0.05, 0) is 68.3 Å². The number of ether oxygens (including phenoxy) is 2. The Bertz CT molecular complexity index is 1800. The first kappa shape index (κ1) is 33.5. The Labute approximate surface area is 275 Å². The quantitative estimate of drug-likeness (QED) is 0.233. The highest BCUT2D eigenvalue weighted by molar-refractivity contribution is 7.92. The molecule has 0 bridgehead atoms. The molecular formula is C36H38FN3O6S. The number of amides is 2. The Hall–Kier alpha value is -4.90. The topological polar surface area (TPSA) is 105 Å². The van der Waals surface area contributed by atoms with E-state index in [-0.39, 0.29) is 41.8 Å². The van der Waals surface area contributed by atoms with Crippen molar-refractivity contribution >= 4 is 27.5 Å². The van der Waals surface area contributed by atoms with E-state index in [0.29, 0.717) is 12.4 Å². The van der Waals surface area contributed by atoms with E-state index in [0.717, 1.165) is 27.6 Å². The number of carbonyl (C=O) groups excluding carboxylic acids is 2. The zero-order valence-corrected chi connectivity index (χ0v) is 27.4. The Kier molecular flexibility index (Phi) is 10.1. The zero-order valence-electron chi connectivity index (χ0n) is 26.6. The molecule has 0 saturated heterocycles. The molecule has 1 N–H and O–H groups in total. The second-order valence-corrected chi connectivity index (χ2v) is 14.1. The van der Waals surface area contributed by atoms with Gasteiger partial charge in [0.1, 0.15) is 31.6 Å². The monoisotopic (exact) mass is 659 g/mol. The number of nitrogens with zero attached hydrogens (tertiary/aromatic N) is 2. The van der Waals surface area contributed by atoms with Crippen LogP contribution in [0.3, 0.4) is 0 Å². The zero-order chi connectivity index (χ0) is 33.6. The van der Waals surface area contributed by atoms with Crippen molar-refractivity contribution in [2.24, 2.45) is 0 Å². The summed E-state index contributed by atoms with van der Waals surface area (Å²) in [5, 5.41) is 3.00. The van der Waals surface area contributed by atoms with Crippen LogP contribution in [0.15, 0.2) is 108 Å². The summed E-state index contributed by atoms with van der Waals surface area (Å²) >= 11 is 0. The number of nitrogens with one attached hydrogen (secondary N) is 1. The lowest BCUT2D eigenvalue weighted by atomic mass is 10.0. The number of fused-ring (bicyclic) bond motifs is 1. The fraction of sp³-hybridized carbons (Fsp3) is 0.278. The Morgan fingerprint density at radius 3 is 2.04 bits per heavy atom. The first-order chi connectivity index (χ1) is 22.4. The maximum absolute atomic E-state index is 14.5. The van der Waals surface area contributed by atoms with Crippen LogP contribution in [0.1, 0.15) is 31.9 Å². The van der Waals surface area contributed by atoms with Gasteiger partial charge in [-0.25, -0.2) is 12.8 Å². The van der Waals surface area contributed by atoms with Crippen LogP contribution in [0, 0.1) is 5.82 Å². The number of hydrogen-bond acceptors (Lipinski definition) is 6. The van der Waals surface area contributed by atoms with Crippen LogP contribution in [0.25, 0.3) is 0 Å². The molecule has 4 aromatic carbocycles. The van der Waals surface area contributed by atoms with Crippen LogP contribution < -0.4 is 19.1 Å². The molecule has 246 valence electrons. The molecule has 1 unspecified atom stereocenters. The highest BCUT2D eigenvalue weighted by Crippen LogP contribution is 2.34. The van der Waals surface area contributed by atoms with E-state index < -0.39 is 39.9 Å². The van der Waals surface area contributed by atoms with E-state index in [2.05, 4.69) is 5.32 Å². The van der Waals surface area contributed by atoms with Crippen molar-refractivity contribution in [3.8, 4) is 11.5 Å². The fourth-order valence-electron chi connectivity index (χ4n) is 5.23. The molecule has 4 aromatic rings. The minimum atomic E-state index is -4.41. The van der Waals surface area contributed by atoms with E-state index in [9.17, 15) is 22.4 Å². The number of anilines is 1. The summed E-state index contributed by atoms with van der Waals surface area (Å²) in [6, 6.07) is 26.6. The second kappa shape index (κ2) is 14.3. The normalized spacial score (nSPS) is 13.4. The van der Waals surface area contributed by atoms with E-state index in [1.165, 1.54) is 35.2 Å². The Balaban J connectivity index is 1.57. The van der Waals surface area contributed by atoms with Crippen LogP contribution in [-0.4, -0.2) is 56.5 Å². The Morgan fingerprint density at radius 1 is 0.830 bits per heavy atom. The third-order valence-corrected chi connectivity index (χ3v) is 9.23. The van der Waals surface area contributed by atoms with Crippen LogP contribution in [0.5, 0.6) is 11.5 Å². The van der Waals surface area contributed by atoms with Gasteiger partial charge >= 0.3 is 0 Å². The highest BCUT2D eigenvalue weighted by Gasteiger charge is 2.36. The van der Waals surface area contributed by atoms with Crippen LogP contribution in [-0.2, 0) is 32.6 Å². The molecule has 0 aliphatic carbocycles. The molecule has 0 spiro atoms. The molecular weight excluding hydrogens is 621 g/mol. The van der Waals surface area contributed by atoms with Crippen molar-refractivity contribution in [1.82, 2.24) is 10.2 Å². The minimum absolute atomic E-state index is 0.0378. The van der Waals surface area contributed by atoms with Crippen molar-refractivity contribution < 1.29 is 31.9 Å². The predicted molar refractivity (Wildman–Crippen MR) is 177 cm³/mol. The molecule has 11 heteroatoms. The summed E-state index contributed by atoms with van der Waals surface area (Å²) in [6.45, 7) is 5.52. The molecule has 0 saturated carbocycles. The number of hydrogen-bond donors (Lipinski definition) is 1. The van der Waals surface area contributed by atoms with E-state index in [1.54, 1.807) is 0 Å². The number of rotatable bonds is 11. The standard InChI is InChI=1S/C36H38FN3O6S/c1-36(2,3)38-35(42)31(22-26-10-6-4-7-11-26)39(24-27-12-8-5-9-13-27)34(41)25-40(29-16-14-28(37)15-17-29)47(43,44)30-18-19-32-33(23-30)46-21-20-45-32/h4-19,23,31H,20-22,24-25H2,1-3H3,(H,38,42). The molecule has 0 fully saturated rings. The number of halogens is 1. The second-order valence-electron chi connectivity index (χ2n) is 12.2. The summed E-state index contributed by atoms with van der Waals surface area (Å²) in [6.07, 6.45) is 0.187. The molecule has 1 atom stereocenters. The van der Waals surface area contributed by atoms with Gasteiger partial charge in [0.25, 0.3) is 10.0 Å². The number of carbonyl (C=O) groups is 2. The van der Waals surface area contributed by atoms with Gasteiger partial charge in [-0.3, -0.25) is 13.9 Å². The van der Waals surface area contributed by atoms with E-state index >= 15 is 0 Å². The van der Waals surface area contributed by atoms with E-state index in [4.69, 9.17) is 9.47 Å². The van der Waals surface area contributed by atoms with Gasteiger partial charge in [0, 0.05) is 24.6 Å². The van der Waals surface area contributed by atoms with Gasteiger partial charge in [-0.15, -0.1) is 0 Å². The third-order valence-electron chi connectivity index (χ3n) is 7.46. The molecule has 47 heavy (non-hydrogen) atoms. The molecule has 1 aliphatic rings. The lowest BCUT2D eigenvalue weighted by molar-refractivity contribution is -0.140. The maximum atomic E-state index is 14.5. The summed E-state index contributed by atoms with van der Waals surface area (Å²) in [4.78, 5) is 29.8. The number of benzene rings is 4. The molecule has 2 amide bonds. The molecule has 1 aliphatic heterocycles. The molecule has 5 rings (SSSR count). The first-order valence-electron chi connectivity index (χ1n) is 15.3. The van der Waals surface area contributed by atoms with E-state index in [1.807, 2.05) is 81.4 Å². The average molecular weight is 660 g/mol. The number of sulfonamides is 1. The molecule has 0 radical (unpaired) electrons. The van der Waals surface area contributed by atoms with Crippen LogP contribution in [0.4, 0.5) is 10.1 Å². The minimum Gasteiger partial charge on any atom is -0.486 e. The van der Waals surface area contributed by atoms with Gasteiger partial charge in [-0.2, -0.15) is 0 Å². The van der Waals surface area contributed by atoms with Crippen LogP contribution in [0.2, 0.25) is 0 Å². The van der Waals surface area contributed by atoms with Gasteiger partial charge in [0.2, 0.25) is 11.8 Å². The Morgan fingerprint density at radius 2 is 1.43 bits per heavy atom. The maximum Gasteiger partial charge on any atom is 0.264 e. The van der Waals surface area contributed by atoms with Gasteiger partial charge in [-0.1, -0.05) is 60.7 Å². The van der Waals surface area contributed by atoms with Crippen molar-refractivity contribution in [2.75, 3.05) is 24.1 Å². The van der Waals surface area contributed by atoms with Crippen molar-refractivity contribution in [1.29, 1.82) is 0 Å². The smallest absolute Gasteiger partial charge is 0.264 e. The summed E-state index contributed by atoms with van der Waals surface area (Å²) < 4.78 is 54.7. The summed E-state index contributed by atoms with van der Waals surface area (Å²) in [7, 11) is -4.41. The molecule has 0 aromatic heterocycles. The molecule has 9 nitrogen and oxygen atoms in total. The summed E-state index contributed by atoms with van der Waals surface area (Å²) in [5.41, 5.74) is 1.06. The predicted octanol–water partition coefficient (Wildman–Crippen LogP) is 5.35. The van der Waals surface area contributed by atoms with Gasteiger partial charge in [0.15, 0.2) is 11.5 Å². The third kappa shape index (κ3) is 8.48. The summed E-state index contributed by atoms with van der Waals surface area (Å²) in [5.74, 6) is -0.903. The molecule has 1 heterocycles. The average Bonchev–Trinajstić information content (AvgIpc) is 3.05. The lowest BCUT2D eigenvalue weighted by Gasteiger charge is -2.35. The lowest BCUT2D eigenvalue weighted by Crippen LogP contribution is -2.56. The first-order valence-corrected chi connectivity index (χ1v) is 16.7. The van der Waals surface area contributed by atoms with Gasteiger partial charge < -0.3 is 19.7 Å². The van der Waals surface area contributed by atoms with Gasteiger partial charge in [0.05, 0.1) is 10.6 Å². The van der Waals surface area contributed by atoms with Crippen molar-refractivity contribution in [2.45, 2.75) is 50.2 Å².